The zero-order chi connectivity index (χ0) is 20.8. The van der Waals surface area contributed by atoms with E-state index >= 15 is 0 Å². The van der Waals surface area contributed by atoms with Crippen LogP contribution in [0.4, 0.5) is 0 Å². The fraction of sp³-hybridized carbons (Fsp3) is 0.741. The topological polar surface area (TPSA) is 9.23 Å². The van der Waals surface area contributed by atoms with E-state index in [-0.39, 0.29) is 0 Å². The lowest BCUT2D eigenvalue weighted by Crippen LogP contribution is -2.05. The van der Waals surface area contributed by atoms with Gasteiger partial charge in [-0.05, 0) is 54.7 Å². The van der Waals surface area contributed by atoms with Crippen LogP contribution in [0.25, 0.3) is 0 Å². The SMILES string of the molecule is [CH2]c1ccc(OCCC(C)CCC[C@H](C)CCC[C@H](C)CCCC(C)C)cc1. The summed E-state index contributed by atoms with van der Waals surface area (Å²) in [6.45, 7) is 16.7. The van der Waals surface area contributed by atoms with E-state index in [1.54, 1.807) is 0 Å². The van der Waals surface area contributed by atoms with Crippen molar-refractivity contribution in [2.45, 2.75) is 98.8 Å². The van der Waals surface area contributed by atoms with Gasteiger partial charge >= 0.3 is 0 Å². The number of hydrogen-bond donors (Lipinski definition) is 0. The lowest BCUT2D eigenvalue weighted by molar-refractivity contribution is 0.274. The van der Waals surface area contributed by atoms with E-state index < -0.39 is 0 Å². The van der Waals surface area contributed by atoms with E-state index in [4.69, 9.17) is 4.74 Å². The van der Waals surface area contributed by atoms with Crippen LogP contribution in [0.5, 0.6) is 5.75 Å². The summed E-state index contributed by atoms with van der Waals surface area (Å²) in [5.41, 5.74) is 1.04. The first-order valence-corrected chi connectivity index (χ1v) is 11.9. The molecule has 0 aliphatic carbocycles. The van der Waals surface area contributed by atoms with E-state index in [0.717, 1.165) is 48.0 Å². The minimum atomic E-state index is 0.750. The molecule has 0 bridgehead atoms. The number of rotatable bonds is 16. The normalized spacial score (nSPS) is 14.8. The minimum absolute atomic E-state index is 0.750. The molecule has 0 fully saturated rings. The minimum Gasteiger partial charge on any atom is -0.494 e. The lowest BCUT2D eigenvalue weighted by atomic mass is 9.91. The molecule has 1 rings (SSSR count). The first kappa shape index (κ1) is 25.1. The third-order valence-electron chi connectivity index (χ3n) is 6.07. The van der Waals surface area contributed by atoms with Crippen molar-refractivity contribution in [2.24, 2.45) is 23.7 Å². The van der Waals surface area contributed by atoms with Crippen LogP contribution < -0.4 is 4.74 Å². The molecule has 0 aromatic heterocycles. The molecule has 3 atom stereocenters. The van der Waals surface area contributed by atoms with Crippen molar-refractivity contribution in [3.05, 3.63) is 36.8 Å². The Kier molecular flexibility index (Phi) is 13.4. The molecule has 1 nitrogen and oxygen atoms in total. The van der Waals surface area contributed by atoms with Crippen LogP contribution in [0.3, 0.4) is 0 Å². The summed E-state index contributed by atoms with van der Waals surface area (Å²) in [4.78, 5) is 0. The largest absolute Gasteiger partial charge is 0.494 e. The lowest BCUT2D eigenvalue weighted by Gasteiger charge is -2.16. The first-order valence-electron chi connectivity index (χ1n) is 11.9. The summed E-state index contributed by atoms with van der Waals surface area (Å²) >= 11 is 0. The average Bonchev–Trinajstić information content (AvgIpc) is 2.63. The van der Waals surface area contributed by atoms with Gasteiger partial charge in [-0.2, -0.15) is 0 Å². The Morgan fingerprint density at radius 2 is 1.07 bits per heavy atom. The van der Waals surface area contributed by atoms with Gasteiger partial charge in [0, 0.05) is 0 Å². The molecule has 28 heavy (non-hydrogen) atoms. The maximum Gasteiger partial charge on any atom is 0.119 e. The van der Waals surface area contributed by atoms with Gasteiger partial charge in [-0.15, -0.1) is 0 Å². The van der Waals surface area contributed by atoms with Crippen LogP contribution >= 0.6 is 0 Å². The summed E-state index contributed by atoms with van der Waals surface area (Å²) in [6, 6.07) is 8.04. The number of benzene rings is 1. The monoisotopic (exact) mass is 387 g/mol. The van der Waals surface area contributed by atoms with Crippen molar-refractivity contribution in [3.63, 3.8) is 0 Å². The molecule has 0 N–H and O–H groups in total. The van der Waals surface area contributed by atoms with E-state index in [9.17, 15) is 0 Å². The fourth-order valence-corrected chi connectivity index (χ4v) is 3.90. The maximum absolute atomic E-state index is 5.85. The van der Waals surface area contributed by atoms with Gasteiger partial charge in [-0.3, -0.25) is 0 Å². The fourth-order valence-electron chi connectivity index (χ4n) is 3.90. The van der Waals surface area contributed by atoms with Gasteiger partial charge in [0.05, 0.1) is 6.61 Å². The average molecular weight is 388 g/mol. The van der Waals surface area contributed by atoms with Crippen molar-refractivity contribution in [1.29, 1.82) is 0 Å². The molecule has 0 aliphatic heterocycles. The van der Waals surface area contributed by atoms with Gasteiger partial charge in [0.25, 0.3) is 0 Å². The van der Waals surface area contributed by atoms with Crippen molar-refractivity contribution in [1.82, 2.24) is 0 Å². The zero-order valence-corrected chi connectivity index (χ0v) is 19.5. The Labute approximate surface area is 176 Å². The smallest absolute Gasteiger partial charge is 0.119 e. The van der Waals surface area contributed by atoms with Crippen molar-refractivity contribution >= 4 is 0 Å². The third-order valence-corrected chi connectivity index (χ3v) is 6.07. The molecule has 0 aliphatic rings. The second kappa shape index (κ2) is 14.9. The molecule has 1 unspecified atom stereocenters. The van der Waals surface area contributed by atoms with Crippen molar-refractivity contribution in [3.8, 4) is 5.75 Å². The predicted octanol–water partition coefficient (Wildman–Crippen LogP) is 8.71. The van der Waals surface area contributed by atoms with Gasteiger partial charge in [-0.25, -0.2) is 0 Å². The van der Waals surface area contributed by atoms with E-state index in [1.807, 2.05) is 24.3 Å². The highest BCUT2D eigenvalue weighted by molar-refractivity contribution is 5.28. The second-order valence-corrected chi connectivity index (χ2v) is 9.78. The van der Waals surface area contributed by atoms with Crippen LogP contribution in [-0.2, 0) is 0 Å². The number of hydrogen-bond acceptors (Lipinski definition) is 1. The molecule has 0 heterocycles. The quantitative estimate of drug-likeness (QED) is 0.275. The molecule has 1 aromatic rings. The summed E-state index contributed by atoms with van der Waals surface area (Å²) in [7, 11) is 0. The highest BCUT2D eigenvalue weighted by atomic mass is 16.5. The molecular weight excluding hydrogens is 340 g/mol. The van der Waals surface area contributed by atoms with Crippen LogP contribution in [0.2, 0.25) is 0 Å². The van der Waals surface area contributed by atoms with E-state index in [0.29, 0.717) is 0 Å². The number of ether oxygens (including phenoxy) is 1. The molecule has 161 valence electrons. The van der Waals surface area contributed by atoms with Crippen LogP contribution in [0.1, 0.15) is 104 Å². The Hall–Kier alpha value is -0.980. The molecule has 0 saturated carbocycles. The zero-order valence-electron chi connectivity index (χ0n) is 19.5. The molecular formula is C27H47O. The Morgan fingerprint density at radius 3 is 1.54 bits per heavy atom. The molecule has 1 heteroatoms. The standard InChI is InChI=1S/C27H47O/c1-22(2)10-7-11-23(3)12-8-13-24(4)14-9-15-25(5)20-21-28-27-18-16-26(6)17-19-27/h16-19,22-25H,6-15,20-21H2,1-5H3/t23-,24-,25?/m1/s1. The second-order valence-electron chi connectivity index (χ2n) is 9.78. The van der Waals surface area contributed by atoms with Gasteiger partial charge in [0.1, 0.15) is 5.75 Å². The molecule has 0 spiro atoms. The molecule has 0 saturated heterocycles. The molecule has 1 radical (unpaired) electrons. The van der Waals surface area contributed by atoms with E-state index in [2.05, 4.69) is 41.5 Å². The van der Waals surface area contributed by atoms with Gasteiger partial charge in [0.15, 0.2) is 0 Å². The Morgan fingerprint density at radius 1 is 0.643 bits per heavy atom. The predicted molar refractivity (Wildman–Crippen MR) is 125 cm³/mol. The van der Waals surface area contributed by atoms with E-state index in [1.165, 1.54) is 57.8 Å². The molecule has 1 aromatic carbocycles. The van der Waals surface area contributed by atoms with Crippen molar-refractivity contribution in [2.75, 3.05) is 6.61 Å². The molecule has 0 amide bonds. The van der Waals surface area contributed by atoms with Gasteiger partial charge < -0.3 is 4.74 Å². The highest BCUT2D eigenvalue weighted by Crippen LogP contribution is 2.23. The Balaban J connectivity index is 1.99. The van der Waals surface area contributed by atoms with Crippen molar-refractivity contribution < 1.29 is 4.74 Å². The summed E-state index contributed by atoms with van der Waals surface area (Å²) in [6.07, 6.45) is 13.7. The van der Waals surface area contributed by atoms with Crippen LogP contribution in [0, 0.1) is 30.6 Å². The first-order chi connectivity index (χ1) is 13.4. The third kappa shape index (κ3) is 13.2. The van der Waals surface area contributed by atoms with Gasteiger partial charge in [0.2, 0.25) is 0 Å². The van der Waals surface area contributed by atoms with Gasteiger partial charge in [-0.1, -0.05) is 105 Å². The van der Waals surface area contributed by atoms with Crippen LogP contribution in [0.15, 0.2) is 24.3 Å². The summed E-state index contributed by atoms with van der Waals surface area (Å²) < 4.78 is 5.85. The summed E-state index contributed by atoms with van der Waals surface area (Å²) in [5.74, 6) is 4.37. The summed E-state index contributed by atoms with van der Waals surface area (Å²) in [5, 5.41) is 0. The Bertz CT molecular complexity index is 476. The highest BCUT2D eigenvalue weighted by Gasteiger charge is 2.08. The maximum atomic E-state index is 5.85. The van der Waals surface area contributed by atoms with Crippen LogP contribution in [-0.4, -0.2) is 6.61 Å².